The molecule has 1 aliphatic heterocycles. The number of nitrogens with zero attached hydrogens (tertiary/aromatic N) is 1. The Morgan fingerprint density at radius 2 is 2.06 bits per heavy atom. The molecule has 3 unspecified atom stereocenters. The van der Waals surface area contributed by atoms with E-state index in [-0.39, 0.29) is 0 Å². The largest absolute Gasteiger partial charge is 0.300 e. The van der Waals surface area contributed by atoms with Crippen molar-refractivity contribution >= 4 is 5.78 Å². The van der Waals surface area contributed by atoms with E-state index >= 15 is 0 Å². The number of ketones is 1. The predicted molar refractivity (Wildman–Crippen MR) is 75.6 cm³/mol. The summed E-state index contributed by atoms with van der Waals surface area (Å²) in [5.41, 5.74) is 0.366. The van der Waals surface area contributed by atoms with Gasteiger partial charge in [-0.25, -0.2) is 0 Å². The van der Waals surface area contributed by atoms with E-state index in [4.69, 9.17) is 0 Å². The molecule has 0 aromatic carbocycles. The molecule has 1 saturated carbocycles. The van der Waals surface area contributed by atoms with Crippen molar-refractivity contribution < 1.29 is 4.79 Å². The molecule has 3 atom stereocenters. The molecule has 1 aliphatic carbocycles. The predicted octanol–water partition coefficient (Wildman–Crippen LogP) is 3.50. The van der Waals surface area contributed by atoms with Crippen molar-refractivity contribution in [2.75, 3.05) is 13.1 Å². The van der Waals surface area contributed by atoms with Gasteiger partial charge in [0, 0.05) is 24.9 Å². The Bertz CT molecular complexity index is 310. The summed E-state index contributed by atoms with van der Waals surface area (Å²) < 4.78 is 0. The molecular formula is C16H29NO. The van der Waals surface area contributed by atoms with Crippen LogP contribution in [-0.2, 0) is 4.79 Å². The Balaban J connectivity index is 1.93. The van der Waals surface area contributed by atoms with E-state index in [2.05, 4.69) is 32.6 Å². The lowest BCUT2D eigenvalue weighted by Gasteiger charge is -2.41. The zero-order valence-electron chi connectivity index (χ0n) is 12.5. The minimum atomic E-state index is 0.296. The van der Waals surface area contributed by atoms with Crippen LogP contribution in [0.25, 0.3) is 0 Å². The quantitative estimate of drug-likeness (QED) is 0.748. The van der Waals surface area contributed by atoms with Gasteiger partial charge in [-0.2, -0.15) is 0 Å². The van der Waals surface area contributed by atoms with E-state index in [9.17, 15) is 4.79 Å². The average Bonchev–Trinajstić information content (AvgIpc) is 2.27. The van der Waals surface area contributed by atoms with Crippen molar-refractivity contribution in [3.8, 4) is 0 Å². The maximum Gasteiger partial charge on any atom is 0.137 e. The van der Waals surface area contributed by atoms with Gasteiger partial charge in [0.05, 0.1) is 0 Å². The first-order valence-corrected chi connectivity index (χ1v) is 7.64. The van der Waals surface area contributed by atoms with E-state index < -0.39 is 0 Å². The zero-order valence-corrected chi connectivity index (χ0v) is 12.5. The van der Waals surface area contributed by atoms with Crippen LogP contribution in [-0.4, -0.2) is 29.8 Å². The van der Waals surface area contributed by atoms with Crippen LogP contribution >= 0.6 is 0 Å². The highest BCUT2D eigenvalue weighted by atomic mass is 16.1. The normalized spacial score (nSPS) is 37.8. The Labute approximate surface area is 112 Å². The maximum absolute atomic E-state index is 12.1. The Hall–Kier alpha value is -0.370. The molecule has 2 fully saturated rings. The van der Waals surface area contributed by atoms with Crippen molar-refractivity contribution in [1.29, 1.82) is 0 Å². The van der Waals surface area contributed by atoms with Crippen molar-refractivity contribution in [3.05, 3.63) is 0 Å². The highest BCUT2D eigenvalue weighted by Gasteiger charge is 2.35. The monoisotopic (exact) mass is 251 g/mol. The number of hydrogen-bond donors (Lipinski definition) is 0. The average molecular weight is 251 g/mol. The molecule has 2 aliphatic rings. The lowest BCUT2D eigenvalue weighted by atomic mass is 9.71. The third-order valence-corrected chi connectivity index (χ3v) is 5.03. The lowest BCUT2D eigenvalue weighted by Crippen LogP contribution is -2.46. The van der Waals surface area contributed by atoms with Gasteiger partial charge in [-0.15, -0.1) is 0 Å². The Morgan fingerprint density at radius 1 is 1.33 bits per heavy atom. The molecule has 0 bridgehead atoms. The summed E-state index contributed by atoms with van der Waals surface area (Å²) in [4.78, 5) is 14.7. The van der Waals surface area contributed by atoms with Crippen LogP contribution < -0.4 is 0 Å². The third-order valence-electron chi connectivity index (χ3n) is 5.03. The highest BCUT2D eigenvalue weighted by molar-refractivity contribution is 5.82. The molecule has 18 heavy (non-hydrogen) atoms. The van der Waals surface area contributed by atoms with Gasteiger partial charge in [-0.05, 0) is 50.5 Å². The topological polar surface area (TPSA) is 20.3 Å². The van der Waals surface area contributed by atoms with Crippen LogP contribution in [0, 0.1) is 17.3 Å². The summed E-state index contributed by atoms with van der Waals surface area (Å²) in [6.07, 6.45) is 5.56. The smallest absolute Gasteiger partial charge is 0.137 e. The fraction of sp³-hybridized carbons (Fsp3) is 0.938. The molecular weight excluding hydrogens is 222 g/mol. The summed E-state index contributed by atoms with van der Waals surface area (Å²) in [6, 6.07) is 0.659. The van der Waals surface area contributed by atoms with Gasteiger partial charge in [0.25, 0.3) is 0 Å². The molecule has 1 heterocycles. The molecule has 2 nitrogen and oxygen atoms in total. The number of carbonyl (C=O) groups excluding carboxylic acids is 1. The summed E-state index contributed by atoms with van der Waals surface area (Å²) in [7, 11) is 0. The molecule has 0 aromatic heterocycles. The molecule has 0 aromatic rings. The highest BCUT2D eigenvalue weighted by Crippen LogP contribution is 2.37. The van der Waals surface area contributed by atoms with E-state index in [1.807, 2.05) is 0 Å². The first-order valence-electron chi connectivity index (χ1n) is 7.64. The van der Waals surface area contributed by atoms with Gasteiger partial charge in [0.15, 0.2) is 0 Å². The van der Waals surface area contributed by atoms with Crippen LogP contribution in [0.2, 0.25) is 0 Å². The van der Waals surface area contributed by atoms with Gasteiger partial charge in [0.1, 0.15) is 5.78 Å². The summed E-state index contributed by atoms with van der Waals surface area (Å²) in [5, 5.41) is 0. The second-order valence-electron chi connectivity index (χ2n) is 7.51. The van der Waals surface area contributed by atoms with Gasteiger partial charge >= 0.3 is 0 Å². The van der Waals surface area contributed by atoms with Crippen molar-refractivity contribution in [2.45, 2.75) is 65.8 Å². The molecule has 0 amide bonds. The lowest BCUT2D eigenvalue weighted by molar-refractivity contribution is -0.128. The molecule has 2 heteroatoms. The van der Waals surface area contributed by atoms with Crippen LogP contribution in [0.15, 0.2) is 0 Å². The number of carbonyl (C=O) groups is 1. The minimum absolute atomic E-state index is 0.296. The number of likely N-dealkylation sites (tertiary alicyclic amines) is 1. The third kappa shape index (κ3) is 3.34. The standard InChI is InChI=1S/C16H29NO/c1-12-6-8-17(13(2)9-12)11-14-10-16(3,4)7-5-15(14)18/h12-14H,5-11H2,1-4H3. The summed E-state index contributed by atoms with van der Waals surface area (Å²) in [5.74, 6) is 1.67. The first-order chi connectivity index (χ1) is 8.37. The van der Waals surface area contributed by atoms with E-state index in [0.717, 1.165) is 31.7 Å². The molecule has 1 saturated heterocycles. The molecule has 104 valence electrons. The van der Waals surface area contributed by atoms with Crippen LogP contribution in [0.3, 0.4) is 0 Å². The minimum Gasteiger partial charge on any atom is -0.300 e. The van der Waals surface area contributed by atoms with Gasteiger partial charge in [-0.1, -0.05) is 20.8 Å². The molecule has 2 rings (SSSR count). The summed E-state index contributed by atoms with van der Waals surface area (Å²) >= 11 is 0. The second kappa shape index (κ2) is 5.32. The number of Topliss-reactive ketones (excluding diaryl/α,β-unsaturated/α-hetero) is 1. The zero-order chi connectivity index (χ0) is 13.3. The first kappa shape index (κ1) is 14.0. The fourth-order valence-corrected chi connectivity index (χ4v) is 3.73. The number of hydrogen-bond acceptors (Lipinski definition) is 2. The SMILES string of the molecule is CC1CCN(CC2CC(C)(C)CCC2=O)C(C)C1. The van der Waals surface area contributed by atoms with E-state index in [1.165, 1.54) is 19.4 Å². The molecule has 0 spiro atoms. The van der Waals surface area contributed by atoms with E-state index in [0.29, 0.717) is 23.2 Å². The van der Waals surface area contributed by atoms with Crippen LogP contribution in [0.5, 0.6) is 0 Å². The van der Waals surface area contributed by atoms with E-state index in [1.54, 1.807) is 0 Å². The maximum atomic E-state index is 12.1. The summed E-state index contributed by atoms with van der Waals surface area (Å²) in [6.45, 7) is 11.5. The van der Waals surface area contributed by atoms with Gasteiger partial charge in [-0.3, -0.25) is 9.69 Å². The van der Waals surface area contributed by atoms with Crippen LogP contribution in [0.1, 0.15) is 59.8 Å². The Morgan fingerprint density at radius 3 is 2.72 bits per heavy atom. The number of rotatable bonds is 2. The van der Waals surface area contributed by atoms with Gasteiger partial charge in [0.2, 0.25) is 0 Å². The van der Waals surface area contributed by atoms with Crippen molar-refractivity contribution in [2.24, 2.45) is 17.3 Å². The molecule has 0 N–H and O–H groups in total. The van der Waals surface area contributed by atoms with Crippen molar-refractivity contribution in [1.82, 2.24) is 4.90 Å². The van der Waals surface area contributed by atoms with Gasteiger partial charge < -0.3 is 0 Å². The number of piperidine rings is 1. The second-order valence-corrected chi connectivity index (χ2v) is 7.51. The Kier molecular flexibility index (Phi) is 4.15. The van der Waals surface area contributed by atoms with Crippen molar-refractivity contribution in [3.63, 3.8) is 0 Å². The molecule has 0 radical (unpaired) electrons. The fourth-order valence-electron chi connectivity index (χ4n) is 3.73. The van der Waals surface area contributed by atoms with Crippen LogP contribution in [0.4, 0.5) is 0 Å².